The molecule has 1 saturated carbocycles. The third-order valence-corrected chi connectivity index (χ3v) is 3.45. The monoisotopic (exact) mass is 268 g/mol. The fourth-order valence-corrected chi connectivity index (χ4v) is 2.54. The molecule has 0 aromatic heterocycles. The molecule has 1 aromatic carbocycles. The molecule has 1 aliphatic rings. The maximum atomic E-state index is 11.4. The minimum atomic E-state index is -0.574. The molecule has 0 unspecified atom stereocenters. The van der Waals surface area contributed by atoms with E-state index in [0.717, 1.165) is 25.7 Å². The molecule has 5 heteroatoms. The number of carbonyl (C=O) groups is 1. The number of carbonyl (C=O) groups excluding carboxylic acids is 1. The van der Waals surface area contributed by atoms with E-state index in [4.69, 9.17) is 27.8 Å². The van der Waals surface area contributed by atoms with Crippen LogP contribution >= 0.6 is 11.6 Å². The van der Waals surface area contributed by atoms with E-state index in [1.165, 1.54) is 12.5 Å². The molecule has 2 rings (SSSR count). The number of anilines is 1. The average Bonchev–Trinajstić information content (AvgIpc) is 2.33. The van der Waals surface area contributed by atoms with Crippen molar-refractivity contribution < 1.29 is 9.53 Å². The van der Waals surface area contributed by atoms with Crippen LogP contribution in [0.1, 0.15) is 42.5 Å². The van der Waals surface area contributed by atoms with Crippen LogP contribution in [0, 0.1) is 0 Å². The Bertz CT molecular complexity index is 457. The summed E-state index contributed by atoms with van der Waals surface area (Å²) in [7, 11) is 0. The molecular weight excluding hydrogens is 252 g/mol. The molecule has 1 aromatic rings. The van der Waals surface area contributed by atoms with Gasteiger partial charge >= 0.3 is 0 Å². The Kier molecular flexibility index (Phi) is 3.97. The second kappa shape index (κ2) is 5.48. The Morgan fingerprint density at radius 2 is 1.94 bits per heavy atom. The average molecular weight is 269 g/mol. The van der Waals surface area contributed by atoms with Crippen LogP contribution in [0.2, 0.25) is 5.02 Å². The molecule has 0 saturated heterocycles. The van der Waals surface area contributed by atoms with E-state index >= 15 is 0 Å². The first-order valence-corrected chi connectivity index (χ1v) is 6.51. The SMILES string of the molecule is NC(=O)c1cc(N)cc(Cl)c1OC1CCCCC1. The summed E-state index contributed by atoms with van der Waals surface area (Å²) in [5.74, 6) is -0.208. The molecule has 1 amide bonds. The van der Waals surface area contributed by atoms with Gasteiger partial charge in [0.05, 0.1) is 16.7 Å². The summed E-state index contributed by atoms with van der Waals surface area (Å²) >= 11 is 6.09. The number of nitrogens with two attached hydrogens (primary N) is 2. The van der Waals surface area contributed by atoms with E-state index in [1.807, 2.05) is 0 Å². The van der Waals surface area contributed by atoms with E-state index in [-0.39, 0.29) is 11.7 Å². The quantitative estimate of drug-likeness (QED) is 0.828. The molecule has 1 aliphatic carbocycles. The molecule has 0 aliphatic heterocycles. The largest absolute Gasteiger partial charge is 0.488 e. The van der Waals surface area contributed by atoms with Crippen LogP contribution in [0.3, 0.4) is 0 Å². The van der Waals surface area contributed by atoms with Crippen molar-refractivity contribution in [2.75, 3.05) is 5.73 Å². The summed E-state index contributed by atoms with van der Waals surface area (Å²) in [6.07, 6.45) is 5.60. The summed E-state index contributed by atoms with van der Waals surface area (Å²) in [5.41, 5.74) is 11.6. The summed E-state index contributed by atoms with van der Waals surface area (Å²) in [4.78, 5) is 11.4. The van der Waals surface area contributed by atoms with Gasteiger partial charge in [-0.15, -0.1) is 0 Å². The Labute approximate surface area is 111 Å². The molecule has 0 radical (unpaired) electrons. The molecule has 1 fully saturated rings. The van der Waals surface area contributed by atoms with Crippen molar-refractivity contribution in [3.05, 3.63) is 22.7 Å². The van der Waals surface area contributed by atoms with Crippen LogP contribution in [-0.4, -0.2) is 12.0 Å². The number of hydrogen-bond acceptors (Lipinski definition) is 3. The van der Waals surface area contributed by atoms with Crippen molar-refractivity contribution >= 4 is 23.2 Å². The van der Waals surface area contributed by atoms with Gasteiger partial charge in [-0.05, 0) is 37.8 Å². The number of primary amides is 1. The van der Waals surface area contributed by atoms with Gasteiger partial charge < -0.3 is 16.2 Å². The van der Waals surface area contributed by atoms with Crippen LogP contribution < -0.4 is 16.2 Å². The number of nitrogen functional groups attached to an aromatic ring is 1. The van der Waals surface area contributed by atoms with Gasteiger partial charge in [0.25, 0.3) is 5.91 Å². The van der Waals surface area contributed by atoms with Crippen LogP contribution in [0.25, 0.3) is 0 Å². The highest BCUT2D eigenvalue weighted by molar-refractivity contribution is 6.33. The minimum absolute atomic E-state index is 0.109. The fourth-order valence-electron chi connectivity index (χ4n) is 2.27. The molecule has 0 atom stereocenters. The second-order valence-electron chi connectivity index (χ2n) is 4.62. The molecule has 0 spiro atoms. The number of amides is 1. The highest BCUT2D eigenvalue weighted by atomic mass is 35.5. The number of ether oxygens (including phenoxy) is 1. The van der Waals surface area contributed by atoms with E-state index in [2.05, 4.69) is 0 Å². The van der Waals surface area contributed by atoms with Crippen LogP contribution in [-0.2, 0) is 0 Å². The topological polar surface area (TPSA) is 78.3 Å². The molecule has 0 bridgehead atoms. The summed E-state index contributed by atoms with van der Waals surface area (Å²) < 4.78 is 5.85. The normalized spacial score (nSPS) is 16.5. The Balaban J connectivity index is 2.27. The summed E-state index contributed by atoms with van der Waals surface area (Å²) in [6, 6.07) is 3.08. The summed E-state index contributed by atoms with van der Waals surface area (Å²) in [6.45, 7) is 0. The lowest BCUT2D eigenvalue weighted by molar-refractivity contribution is 0.0988. The van der Waals surface area contributed by atoms with Crippen molar-refractivity contribution in [1.29, 1.82) is 0 Å². The maximum Gasteiger partial charge on any atom is 0.252 e. The van der Waals surface area contributed by atoms with Crippen LogP contribution in [0.4, 0.5) is 5.69 Å². The number of halogens is 1. The Hall–Kier alpha value is -1.42. The molecule has 4 N–H and O–H groups in total. The molecule has 18 heavy (non-hydrogen) atoms. The van der Waals surface area contributed by atoms with Gasteiger partial charge in [0.1, 0.15) is 0 Å². The zero-order valence-electron chi connectivity index (χ0n) is 10.1. The summed E-state index contributed by atoms with van der Waals surface area (Å²) in [5, 5.41) is 0.342. The first-order valence-electron chi connectivity index (χ1n) is 6.13. The lowest BCUT2D eigenvalue weighted by atomic mass is 9.97. The molecule has 98 valence electrons. The van der Waals surface area contributed by atoms with Gasteiger partial charge in [-0.1, -0.05) is 18.0 Å². The van der Waals surface area contributed by atoms with Gasteiger partial charge in [-0.25, -0.2) is 0 Å². The van der Waals surface area contributed by atoms with Crippen molar-refractivity contribution in [2.45, 2.75) is 38.2 Å². The Morgan fingerprint density at radius 1 is 1.28 bits per heavy atom. The van der Waals surface area contributed by atoms with Crippen LogP contribution in [0.5, 0.6) is 5.75 Å². The molecule has 4 nitrogen and oxygen atoms in total. The Morgan fingerprint density at radius 3 is 2.56 bits per heavy atom. The van der Waals surface area contributed by atoms with E-state index in [1.54, 1.807) is 6.07 Å². The maximum absolute atomic E-state index is 11.4. The predicted molar refractivity (Wildman–Crippen MR) is 71.9 cm³/mol. The first-order chi connectivity index (χ1) is 8.58. The number of rotatable bonds is 3. The lowest BCUT2D eigenvalue weighted by Crippen LogP contribution is -2.22. The van der Waals surface area contributed by atoms with Crippen molar-refractivity contribution in [3.8, 4) is 5.75 Å². The van der Waals surface area contributed by atoms with Gasteiger partial charge in [0, 0.05) is 5.69 Å². The first kappa shape index (κ1) is 13.0. The third kappa shape index (κ3) is 2.88. The minimum Gasteiger partial charge on any atom is -0.488 e. The molecule has 0 heterocycles. The van der Waals surface area contributed by atoms with Gasteiger partial charge in [0.15, 0.2) is 5.75 Å². The smallest absolute Gasteiger partial charge is 0.252 e. The van der Waals surface area contributed by atoms with E-state index < -0.39 is 5.91 Å². The highest BCUT2D eigenvalue weighted by Crippen LogP contribution is 2.34. The van der Waals surface area contributed by atoms with Gasteiger partial charge in [-0.2, -0.15) is 0 Å². The predicted octanol–water partition coefficient (Wildman–Crippen LogP) is 2.73. The molecular formula is C13H17ClN2O2. The van der Waals surface area contributed by atoms with E-state index in [0.29, 0.717) is 16.5 Å². The fraction of sp³-hybridized carbons (Fsp3) is 0.462. The second-order valence-corrected chi connectivity index (χ2v) is 5.03. The van der Waals surface area contributed by atoms with Gasteiger partial charge in [-0.3, -0.25) is 4.79 Å². The van der Waals surface area contributed by atoms with Crippen molar-refractivity contribution in [3.63, 3.8) is 0 Å². The lowest BCUT2D eigenvalue weighted by Gasteiger charge is -2.24. The zero-order valence-corrected chi connectivity index (χ0v) is 10.9. The zero-order chi connectivity index (χ0) is 13.1. The van der Waals surface area contributed by atoms with Crippen LogP contribution in [0.15, 0.2) is 12.1 Å². The third-order valence-electron chi connectivity index (χ3n) is 3.17. The highest BCUT2D eigenvalue weighted by Gasteiger charge is 2.20. The van der Waals surface area contributed by atoms with E-state index in [9.17, 15) is 4.79 Å². The van der Waals surface area contributed by atoms with Crippen molar-refractivity contribution in [1.82, 2.24) is 0 Å². The van der Waals surface area contributed by atoms with Gasteiger partial charge in [0.2, 0.25) is 0 Å². The number of hydrogen-bond donors (Lipinski definition) is 2. The number of benzene rings is 1. The van der Waals surface area contributed by atoms with Crippen molar-refractivity contribution in [2.24, 2.45) is 5.73 Å². The standard InChI is InChI=1S/C13H17ClN2O2/c14-11-7-8(15)6-10(13(16)17)12(11)18-9-4-2-1-3-5-9/h6-7,9H,1-5,15H2,(H2,16,17).